The van der Waals surface area contributed by atoms with Crippen LogP contribution in [0.3, 0.4) is 0 Å². The fraction of sp³-hybridized carbons (Fsp3) is 0.625. The number of halogens is 4. The number of alkyl carbamates (subject to hydrolysis) is 1. The fourth-order valence-electron chi connectivity index (χ4n) is 7.87. The number of nitrogens with zero attached hydrogens (tertiary/aromatic N) is 2. The molecule has 20 heteroatoms. The van der Waals surface area contributed by atoms with E-state index in [9.17, 15) is 40.8 Å². The van der Waals surface area contributed by atoms with Gasteiger partial charge in [0.1, 0.15) is 29.5 Å². The van der Waals surface area contributed by atoms with Crippen molar-refractivity contribution in [3.63, 3.8) is 0 Å². The highest BCUT2D eigenvalue weighted by Gasteiger charge is 2.62. The van der Waals surface area contributed by atoms with E-state index in [0.717, 1.165) is 11.0 Å². The zero-order chi connectivity index (χ0) is 43.9. The number of allylic oxidation sites excluding steroid dienone is 1. The summed E-state index contributed by atoms with van der Waals surface area (Å²) in [6, 6.07) is 0.982. The molecule has 330 valence electrons. The Kier molecular flexibility index (Phi) is 12.6. The molecule has 7 unspecified atom stereocenters. The quantitative estimate of drug-likeness (QED) is 0.214. The summed E-state index contributed by atoms with van der Waals surface area (Å²) in [5.41, 5.74) is -4.37. The summed E-state index contributed by atoms with van der Waals surface area (Å²) in [4.78, 5) is 62.0. The van der Waals surface area contributed by atoms with E-state index in [0.29, 0.717) is 52.4 Å². The lowest BCUT2D eigenvalue weighted by Gasteiger charge is -2.35. The largest absolute Gasteiger partial charge is 0.494 e. The van der Waals surface area contributed by atoms with Crippen LogP contribution in [0.1, 0.15) is 79.1 Å². The first-order valence-corrected chi connectivity index (χ1v) is 21.5. The third-order valence-corrected chi connectivity index (χ3v) is 13.6. The van der Waals surface area contributed by atoms with Crippen LogP contribution in [0.15, 0.2) is 30.4 Å². The number of hydrogen-bond acceptors (Lipinski definition) is 11. The lowest BCUT2D eigenvalue weighted by atomic mass is 9.85. The van der Waals surface area contributed by atoms with Gasteiger partial charge in [-0.05, 0) is 70.3 Å². The van der Waals surface area contributed by atoms with Crippen LogP contribution >= 0.6 is 0 Å². The van der Waals surface area contributed by atoms with Crippen molar-refractivity contribution in [1.29, 1.82) is 0 Å². The van der Waals surface area contributed by atoms with Crippen LogP contribution in [0.25, 0.3) is 10.9 Å². The molecular weight excluding hydrogens is 819 g/mol. The molecule has 2 aliphatic heterocycles. The first kappa shape index (κ1) is 44.7. The third kappa shape index (κ3) is 9.37. The number of methoxy groups -OCH3 is 2. The van der Waals surface area contributed by atoms with Crippen LogP contribution in [-0.2, 0) is 29.1 Å². The number of alkyl halides is 3. The number of aromatic nitrogens is 1. The highest BCUT2D eigenvalue weighted by atomic mass is 32.2. The maximum absolute atomic E-state index is 15.0. The van der Waals surface area contributed by atoms with Gasteiger partial charge in [-0.25, -0.2) is 22.6 Å². The Bertz CT molecular complexity index is 2150. The Labute approximate surface area is 345 Å². The first-order chi connectivity index (χ1) is 28.1. The number of rotatable bonds is 10. The number of nitrogens with one attached hydrogen (secondary N) is 3. The minimum absolute atomic E-state index is 0.0676. The Morgan fingerprint density at radius 3 is 2.40 bits per heavy atom. The van der Waals surface area contributed by atoms with E-state index in [1.54, 1.807) is 13.0 Å². The molecule has 0 spiro atoms. The van der Waals surface area contributed by atoms with Crippen molar-refractivity contribution < 1.29 is 64.1 Å². The highest BCUT2D eigenvalue weighted by Crippen LogP contribution is 2.46. The second-order valence-corrected chi connectivity index (χ2v) is 18.6. The summed E-state index contributed by atoms with van der Waals surface area (Å²) in [5, 5.41) is 4.62. The number of carbonyl (C=O) groups excluding carboxylic acids is 4. The van der Waals surface area contributed by atoms with Crippen molar-refractivity contribution in [1.82, 2.24) is 25.2 Å². The van der Waals surface area contributed by atoms with Crippen molar-refractivity contribution in [3.05, 3.63) is 36.2 Å². The lowest BCUT2D eigenvalue weighted by molar-refractivity contribution is -0.244. The van der Waals surface area contributed by atoms with Gasteiger partial charge in [0, 0.05) is 29.9 Å². The third-order valence-electron chi connectivity index (χ3n) is 11.8. The standard InChI is InChI=1S/C40H51F4N5O10S/c1-7-22-14-21(2)10-8-9-11-23-19-39(23,36(52)48-60(54,55)25-12-13-25)47-34(50)29-15-24(20-49(29)35(51)33(22)46-37(53)59-38(3,4)40(42,43)44)58-30-18-32(57-6)45-28-17-31(56-5)27(41)16-26(28)30/h9,11,16-18,21-25,29,33H,7-8,10,12-15,19-20H2,1-6H3,(H,46,53)(H,47,50)(H,48,52). The zero-order valence-corrected chi connectivity index (χ0v) is 35.0. The molecule has 3 heterocycles. The Morgan fingerprint density at radius 2 is 1.77 bits per heavy atom. The molecule has 60 heavy (non-hydrogen) atoms. The van der Waals surface area contributed by atoms with E-state index in [2.05, 4.69) is 20.3 Å². The topological polar surface area (TPSA) is 192 Å². The molecule has 4 aliphatic rings. The molecule has 15 nitrogen and oxygen atoms in total. The molecular formula is C40H51F4N5O10S. The van der Waals surface area contributed by atoms with Gasteiger partial charge in [0.25, 0.3) is 5.91 Å². The molecule has 2 saturated carbocycles. The van der Waals surface area contributed by atoms with Crippen molar-refractivity contribution in [2.75, 3.05) is 20.8 Å². The van der Waals surface area contributed by atoms with Gasteiger partial charge in [0.2, 0.25) is 33.3 Å². The SMILES string of the molecule is CCC1CC(C)CCC=CC2CC2(C(=O)NS(=O)(=O)C2CC2)NC(=O)C2CC(Oc3cc(OC)nc4cc(OC)c(F)cc34)CN2C(=O)C1NC(=O)OC(C)(C)C(F)(F)F. The van der Waals surface area contributed by atoms with Crippen LogP contribution in [0, 0.1) is 23.6 Å². The summed E-state index contributed by atoms with van der Waals surface area (Å²) < 4.78 is 106. The Balaban J connectivity index is 1.39. The minimum Gasteiger partial charge on any atom is -0.494 e. The van der Waals surface area contributed by atoms with Crippen molar-refractivity contribution >= 4 is 44.7 Å². The lowest BCUT2D eigenvalue weighted by Crippen LogP contribution is -2.59. The van der Waals surface area contributed by atoms with Gasteiger partial charge in [-0.15, -0.1) is 0 Å². The average molecular weight is 870 g/mol. The monoisotopic (exact) mass is 869 g/mol. The van der Waals surface area contributed by atoms with Crippen molar-refractivity contribution in [3.8, 4) is 17.4 Å². The van der Waals surface area contributed by atoms with Gasteiger partial charge < -0.3 is 34.5 Å². The number of pyridine rings is 1. The predicted octanol–water partition coefficient (Wildman–Crippen LogP) is 5.06. The smallest absolute Gasteiger partial charge is 0.427 e. The van der Waals surface area contributed by atoms with Gasteiger partial charge >= 0.3 is 12.3 Å². The molecule has 3 N–H and O–H groups in total. The number of carbonyl (C=O) groups is 4. The second kappa shape index (κ2) is 16.9. The van der Waals surface area contributed by atoms with E-state index in [1.165, 1.54) is 26.4 Å². The molecule has 7 atom stereocenters. The van der Waals surface area contributed by atoms with E-state index < -0.39 is 92.2 Å². The molecule has 0 radical (unpaired) electrons. The average Bonchev–Trinajstić information content (AvgIpc) is 4.10. The normalized spacial score (nSPS) is 27.7. The van der Waals surface area contributed by atoms with Crippen LogP contribution in [0.5, 0.6) is 17.4 Å². The number of fused-ring (bicyclic) bond motifs is 3. The minimum atomic E-state index is -4.94. The number of ether oxygens (including phenoxy) is 4. The summed E-state index contributed by atoms with van der Waals surface area (Å²) in [6.07, 6.45) is -1.47. The van der Waals surface area contributed by atoms with E-state index >= 15 is 4.39 Å². The van der Waals surface area contributed by atoms with Gasteiger partial charge in [0.05, 0.1) is 31.5 Å². The van der Waals surface area contributed by atoms with E-state index in [1.807, 2.05) is 13.0 Å². The number of amides is 4. The molecule has 0 bridgehead atoms. The van der Waals surface area contributed by atoms with E-state index in [4.69, 9.17) is 18.9 Å². The Morgan fingerprint density at radius 1 is 1.05 bits per heavy atom. The molecule has 1 aromatic carbocycles. The highest BCUT2D eigenvalue weighted by molar-refractivity contribution is 7.91. The number of benzene rings is 1. The van der Waals surface area contributed by atoms with Crippen molar-refractivity contribution in [2.24, 2.45) is 17.8 Å². The van der Waals surface area contributed by atoms with Gasteiger partial charge in [0.15, 0.2) is 11.6 Å². The Hall–Kier alpha value is -4.88. The van der Waals surface area contributed by atoms with Crippen molar-refractivity contribution in [2.45, 2.75) is 120 Å². The molecule has 6 rings (SSSR count). The summed E-state index contributed by atoms with van der Waals surface area (Å²) in [5.74, 6) is -4.57. The molecule has 3 fully saturated rings. The number of hydrogen-bond donors (Lipinski definition) is 3. The van der Waals surface area contributed by atoms with Crippen LogP contribution in [0.2, 0.25) is 0 Å². The summed E-state index contributed by atoms with van der Waals surface area (Å²) in [7, 11) is -1.38. The van der Waals surface area contributed by atoms with E-state index in [-0.39, 0.29) is 53.6 Å². The van der Waals surface area contributed by atoms with Gasteiger partial charge in [-0.2, -0.15) is 13.2 Å². The molecule has 2 aliphatic carbocycles. The second-order valence-electron chi connectivity index (χ2n) is 16.6. The van der Waals surface area contributed by atoms with Crippen LogP contribution in [-0.4, -0.2) is 104 Å². The maximum atomic E-state index is 15.0. The van der Waals surface area contributed by atoms with Crippen LogP contribution < -0.4 is 29.6 Å². The molecule has 4 amide bonds. The van der Waals surface area contributed by atoms with Crippen LogP contribution in [0.4, 0.5) is 22.4 Å². The summed E-state index contributed by atoms with van der Waals surface area (Å²) >= 11 is 0. The molecule has 2 aromatic rings. The number of sulfonamides is 1. The molecule has 1 aromatic heterocycles. The van der Waals surface area contributed by atoms with Gasteiger partial charge in [-0.3, -0.25) is 19.1 Å². The predicted molar refractivity (Wildman–Crippen MR) is 208 cm³/mol. The maximum Gasteiger partial charge on any atom is 0.427 e. The molecule has 1 saturated heterocycles. The van der Waals surface area contributed by atoms with Gasteiger partial charge in [-0.1, -0.05) is 32.4 Å². The summed E-state index contributed by atoms with van der Waals surface area (Å²) in [6.45, 7) is 4.73. The zero-order valence-electron chi connectivity index (χ0n) is 34.2. The fourth-order valence-corrected chi connectivity index (χ4v) is 9.24. The first-order valence-electron chi connectivity index (χ1n) is 19.9.